The molecule has 2 heterocycles. The van der Waals surface area contributed by atoms with Crippen molar-refractivity contribution in [2.75, 3.05) is 5.75 Å². The number of nitrogens with zero attached hydrogens (tertiary/aromatic N) is 5. The Kier molecular flexibility index (Phi) is 7.64. The van der Waals surface area contributed by atoms with Gasteiger partial charge in [-0.2, -0.15) is 5.10 Å². The largest absolute Gasteiger partial charge is 0.272 e. The summed E-state index contributed by atoms with van der Waals surface area (Å²) >= 11 is 4.77. The van der Waals surface area contributed by atoms with E-state index >= 15 is 0 Å². The minimum Gasteiger partial charge on any atom is -0.272 e. The van der Waals surface area contributed by atoms with Gasteiger partial charge in [0.1, 0.15) is 0 Å². The molecule has 166 valence electrons. The Labute approximate surface area is 204 Å². The van der Waals surface area contributed by atoms with Crippen molar-refractivity contribution in [1.29, 1.82) is 0 Å². The SMILES string of the molecule is CCc1ccc(C=NNC(=O)CSc2nnc(-c3ccncc3)n2-c2ccc(Br)cc2)cc1. The fraction of sp³-hybridized carbons (Fsp3) is 0.125. The molecule has 0 saturated heterocycles. The van der Waals surface area contributed by atoms with E-state index in [1.807, 2.05) is 65.2 Å². The van der Waals surface area contributed by atoms with E-state index < -0.39 is 0 Å². The minimum atomic E-state index is -0.225. The van der Waals surface area contributed by atoms with Gasteiger partial charge in [0, 0.05) is 28.1 Å². The van der Waals surface area contributed by atoms with Gasteiger partial charge in [0.25, 0.3) is 5.91 Å². The minimum absolute atomic E-state index is 0.150. The van der Waals surface area contributed by atoms with Gasteiger partial charge in [-0.15, -0.1) is 10.2 Å². The highest BCUT2D eigenvalue weighted by Crippen LogP contribution is 2.28. The van der Waals surface area contributed by atoms with E-state index in [4.69, 9.17) is 0 Å². The number of carbonyl (C=O) groups excluding carboxylic acids is 1. The summed E-state index contributed by atoms with van der Waals surface area (Å²) in [6.07, 6.45) is 6.04. The summed E-state index contributed by atoms with van der Waals surface area (Å²) < 4.78 is 2.90. The molecule has 0 unspecified atom stereocenters. The van der Waals surface area contributed by atoms with E-state index in [1.165, 1.54) is 17.3 Å². The first-order valence-corrected chi connectivity index (χ1v) is 12.1. The van der Waals surface area contributed by atoms with Crippen LogP contribution in [0.2, 0.25) is 0 Å². The lowest BCUT2D eigenvalue weighted by atomic mass is 10.1. The van der Waals surface area contributed by atoms with E-state index in [0.717, 1.165) is 27.7 Å². The highest BCUT2D eigenvalue weighted by atomic mass is 79.9. The highest BCUT2D eigenvalue weighted by molar-refractivity contribution is 9.10. The lowest BCUT2D eigenvalue weighted by Crippen LogP contribution is -2.20. The molecule has 33 heavy (non-hydrogen) atoms. The van der Waals surface area contributed by atoms with Crippen molar-refractivity contribution in [3.8, 4) is 17.1 Å². The smallest absolute Gasteiger partial charge is 0.250 e. The van der Waals surface area contributed by atoms with E-state index in [2.05, 4.69) is 48.6 Å². The molecule has 0 aliphatic rings. The Balaban J connectivity index is 1.47. The number of aryl methyl sites for hydroxylation is 1. The molecule has 4 aromatic rings. The topological polar surface area (TPSA) is 85.1 Å². The number of rotatable bonds is 8. The second-order valence-corrected chi connectivity index (χ2v) is 8.89. The molecule has 1 amide bonds. The summed E-state index contributed by atoms with van der Waals surface area (Å²) in [5.74, 6) is 0.602. The first-order chi connectivity index (χ1) is 16.1. The number of carbonyl (C=O) groups is 1. The third-order valence-corrected chi connectivity index (χ3v) is 6.24. The van der Waals surface area contributed by atoms with Gasteiger partial charge in [-0.3, -0.25) is 14.3 Å². The zero-order chi connectivity index (χ0) is 23.0. The van der Waals surface area contributed by atoms with Crippen LogP contribution < -0.4 is 5.43 Å². The predicted molar refractivity (Wildman–Crippen MR) is 135 cm³/mol. The summed E-state index contributed by atoms with van der Waals surface area (Å²) in [4.78, 5) is 16.4. The van der Waals surface area contributed by atoms with Gasteiger partial charge in [-0.25, -0.2) is 5.43 Å². The van der Waals surface area contributed by atoms with Crippen molar-refractivity contribution >= 4 is 39.8 Å². The maximum absolute atomic E-state index is 12.4. The van der Waals surface area contributed by atoms with Gasteiger partial charge in [0.05, 0.1) is 12.0 Å². The lowest BCUT2D eigenvalue weighted by Gasteiger charge is -2.10. The Morgan fingerprint density at radius 3 is 2.48 bits per heavy atom. The zero-order valence-corrected chi connectivity index (χ0v) is 20.3. The molecule has 1 N–H and O–H groups in total. The Bertz CT molecular complexity index is 1240. The van der Waals surface area contributed by atoms with E-state index in [-0.39, 0.29) is 11.7 Å². The van der Waals surface area contributed by atoms with Crippen molar-refractivity contribution in [3.63, 3.8) is 0 Å². The second-order valence-electron chi connectivity index (χ2n) is 7.03. The molecule has 7 nitrogen and oxygen atoms in total. The van der Waals surface area contributed by atoms with Crippen LogP contribution in [-0.2, 0) is 11.2 Å². The molecular formula is C24H21BrN6OS. The van der Waals surface area contributed by atoms with Crippen molar-refractivity contribution in [2.45, 2.75) is 18.5 Å². The number of hydrazone groups is 1. The first kappa shape index (κ1) is 22.9. The van der Waals surface area contributed by atoms with Gasteiger partial charge >= 0.3 is 0 Å². The van der Waals surface area contributed by atoms with Crippen LogP contribution in [0.3, 0.4) is 0 Å². The van der Waals surface area contributed by atoms with Crippen LogP contribution in [0, 0.1) is 0 Å². The molecule has 4 rings (SSSR count). The zero-order valence-electron chi connectivity index (χ0n) is 17.9. The molecule has 2 aromatic heterocycles. The molecule has 0 aliphatic heterocycles. The Hall–Kier alpha value is -3.30. The molecule has 0 fully saturated rings. The fourth-order valence-electron chi connectivity index (χ4n) is 3.05. The van der Waals surface area contributed by atoms with Crippen LogP contribution in [-0.4, -0.2) is 37.6 Å². The summed E-state index contributed by atoms with van der Waals surface area (Å²) in [6, 6.07) is 19.7. The normalized spacial score (nSPS) is 11.1. The molecule has 2 aromatic carbocycles. The monoisotopic (exact) mass is 520 g/mol. The predicted octanol–water partition coefficient (Wildman–Crippen LogP) is 4.90. The standard InChI is InChI=1S/C24H21BrN6OS/c1-2-17-3-5-18(6-4-17)15-27-28-22(32)16-33-24-30-29-23(19-11-13-26-14-12-19)31(24)21-9-7-20(25)8-10-21/h3-15H,2,16H2,1H3,(H,28,32). The van der Waals surface area contributed by atoms with Crippen molar-refractivity contribution < 1.29 is 4.79 Å². The Morgan fingerprint density at radius 1 is 1.06 bits per heavy atom. The van der Waals surface area contributed by atoms with E-state index in [0.29, 0.717) is 11.0 Å². The average molecular weight is 521 g/mol. The molecule has 0 spiro atoms. The summed E-state index contributed by atoms with van der Waals surface area (Å²) in [5.41, 5.74) is 6.54. The van der Waals surface area contributed by atoms with Gasteiger partial charge in [-0.1, -0.05) is 58.9 Å². The third-order valence-electron chi connectivity index (χ3n) is 4.78. The number of nitrogens with one attached hydrogen (secondary N) is 1. The van der Waals surface area contributed by atoms with Crippen LogP contribution in [0.4, 0.5) is 0 Å². The summed E-state index contributed by atoms with van der Waals surface area (Å²) in [5, 5.41) is 13.4. The first-order valence-electron chi connectivity index (χ1n) is 10.3. The number of hydrogen-bond acceptors (Lipinski definition) is 6. The van der Waals surface area contributed by atoms with Crippen molar-refractivity contribution in [2.24, 2.45) is 5.10 Å². The lowest BCUT2D eigenvalue weighted by molar-refractivity contribution is -0.118. The maximum Gasteiger partial charge on any atom is 0.250 e. The van der Waals surface area contributed by atoms with E-state index in [9.17, 15) is 4.79 Å². The number of pyridine rings is 1. The van der Waals surface area contributed by atoms with Crippen LogP contribution >= 0.6 is 27.7 Å². The van der Waals surface area contributed by atoms with Crippen LogP contribution in [0.15, 0.2) is 87.8 Å². The van der Waals surface area contributed by atoms with Crippen molar-refractivity contribution in [1.82, 2.24) is 25.2 Å². The van der Waals surface area contributed by atoms with Gasteiger partial charge in [0.2, 0.25) is 0 Å². The molecule has 0 atom stereocenters. The molecule has 0 radical (unpaired) electrons. The van der Waals surface area contributed by atoms with Gasteiger partial charge in [-0.05, 0) is 53.9 Å². The number of benzene rings is 2. The third kappa shape index (κ3) is 5.94. The van der Waals surface area contributed by atoms with Gasteiger partial charge < -0.3 is 0 Å². The summed E-state index contributed by atoms with van der Waals surface area (Å²) in [7, 11) is 0. The van der Waals surface area contributed by atoms with Crippen molar-refractivity contribution in [3.05, 3.63) is 88.7 Å². The molecular weight excluding hydrogens is 500 g/mol. The Morgan fingerprint density at radius 2 is 1.79 bits per heavy atom. The maximum atomic E-state index is 12.4. The number of hydrogen-bond donors (Lipinski definition) is 1. The highest BCUT2D eigenvalue weighted by Gasteiger charge is 2.17. The quantitative estimate of drug-likeness (QED) is 0.203. The average Bonchev–Trinajstić information content (AvgIpc) is 3.28. The number of halogens is 1. The number of thioether (sulfide) groups is 1. The second kappa shape index (κ2) is 11.0. The molecule has 9 heteroatoms. The molecule has 0 aliphatic carbocycles. The molecule has 0 saturated carbocycles. The molecule has 0 bridgehead atoms. The van der Waals surface area contributed by atoms with Crippen LogP contribution in [0.1, 0.15) is 18.1 Å². The van der Waals surface area contributed by atoms with Crippen LogP contribution in [0.25, 0.3) is 17.1 Å². The summed E-state index contributed by atoms with van der Waals surface area (Å²) in [6.45, 7) is 2.11. The van der Waals surface area contributed by atoms with Gasteiger partial charge in [0.15, 0.2) is 11.0 Å². The van der Waals surface area contributed by atoms with Crippen LogP contribution in [0.5, 0.6) is 0 Å². The van der Waals surface area contributed by atoms with E-state index in [1.54, 1.807) is 18.6 Å². The number of amides is 1. The number of aromatic nitrogens is 4. The fourth-order valence-corrected chi connectivity index (χ4v) is 4.06.